The van der Waals surface area contributed by atoms with Crippen molar-refractivity contribution in [1.29, 1.82) is 0 Å². The highest BCUT2D eigenvalue weighted by Gasteiger charge is 2.19. The van der Waals surface area contributed by atoms with Gasteiger partial charge in [0.15, 0.2) is 0 Å². The fourth-order valence-electron chi connectivity index (χ4n) is 1.37. The summed E-state index contributed by atoms with van der Waals surface area (Å²) >= 11 is 0. The molecule has 0 atom stereocenters. The van der Waals surface area contributed by atoms with Gasteiger partial charge >= 0.3 is 5.97 Å². The second-order valence-electron chi connectivity index (χ2n) is 4.11. The second kappa shape index (κ2) is 5.37. The van der Waals surface area contributed by atoms with E-state index in [2.05, 4.69) is 4.72 Å². The number of hydrogen-bond acceptors (Lipinski definition) is 5. The number of benzene rings is 1. The van der Waals surface area contributed by atoms with E-state index in [-0.39, 0.29) is 0 Å². The van der Waals surface area contributed by atoms with Crippen molar-refractivity contribution in [2.75, 3.05) is 0 Å². The number of rotatable bonds is 5. The van der Waals surface area contributed by atoms with Crippen LogP contribution in [-0.4, -0.2) is 31.5 Å². The highest BCUT2D eigenvalue weighted by Crippen LogP contribution is 2.15. The Balaban J connectivity index is 3.43. The van der Waals surface area contributed by atoms with Crippen LogP contribution in [0.2, 0.25) is 0 Å². The molecule has 19 heavy (non-hydrogen) atoms. The maximum absolute atomic E-state index is 11.9. The van der Waals surface area contributed by atoms with E-state index in [9.17, 15) is 23.1 Å². The first-order valence-corrected chi connectivity index (χ1v) is 6.74. The molecule has 0 aromatic heterocycles. The van der Waals surface area contributed by atoms with Crippen LogP contribution in [0.1, 0.15) is 34.6 Å². The molecular weight excluding hydrogens is 274 g/mol. The summed E-state index contributed by atoms with van der Waals surface area (Å²) in [5, 5.41) is 19.6. The smallest absolute Gasteiger partial charge is 0.335 e. The number of aromatic carboxylic acids is 2. The van der Waals surface area contributed by atoms with Gasteiger partial charge in [0.05, 0.1) is 16.4 Å². The maximum atomic E-state index is 11.9. The average molecular weight is 286 g/mol. The lowest BCUT2D eigenvalue weighted by Crippen LogP contribution is -2.31. The van der Waals surface area contributed by atoms with Gasteiger partial charge in [0, 0.05) is 6.04 Å². The molecular formula is C11H12NO6S-. The van der Waals surface area contributed by atoms with Crippen molar-refractivity contribution < 1.29 is 28.2 Å². The summed E-state index contributed by atoms with van der Waals surface area (Å²) in [5.74, 6) is -3.08. The molecule has 0 aliphatic heterocycles. The molecule has 1 rings (SSSR count). The fraction of sp³-hybridized carbons (Fsp3) is 0.273. The number of carboxylic acid groups (broad SMARTS) is 2. The zero-order valence-corrected chi connectivity index (χ0v) is 11.0. The Hall–Kier alpha value is -1.93. The van der Waals surface area contributed by atoms with E-state index in [1.165, 1.54) is 0 Å². The van der Waals surface area contributed by atoms with Gasteiger partial charge in [-0.1, -0.05) is 0 Å². The van der Waals surface area contributed by atoms with Gasteiger partial charge in [-0.15, -0.1) is 0 Å². The Labute approximate surface area is 109 Å². The third-order valence-corrected chi connectivity index (χ3v) is 3.73. The maximum Gasteiger partial charge on any atom is 0.335 e. The highest BCUT2D eigenvalue weighted by atomic mass is 32.2. The zero-order chi connectivity index (χ0) is 14.8. The van der Waals surface area contributed by atoms with Gasteiger partial charge in [0.2, 0.25) is 10.0 Å². The molecule has 0 spiro atoms. The Morgan fingerprint density at radius 1 is 1.21 bits per heavy atom. The van der Waals surface area contributed by atoms with Gasteiger partial charge in [-0.3, -0.25) is 0 Å². The van der Waals surface area contributed by atoms with Gasteiger partial charge in [0.25, 0.3) is 0 Å². The van der Waals surface area contributed by atoms with E-state index in [1.807, 2.05) is 0 Å². The van der Waals surface area contributed by atoms with Crippen LogP contribution in [0.15, 0.2) is 23.1 Å². The molecule has 0 radical (unpaired) electrons. The Morgan fingerprint density at radius 2 is 1.74 bits per heavy atom. The minimum atomic E-state index is -3.98. The topological polar surface area (TPSA) is 124 Å². The van der Waals surface area contributed by atoms with Crippen LogP contribution >= 0.6 is 0 Å². The first-order chi connectivity index (χ1) is 8.63. The molecule has 0 amide bonds. The molecule has 0 unspecified atom stereocenters. The standard InChI is InChI=1S/C11H13NO6S/c1-6(2)12-19(17,18)9-4-7(10(13)14)3-8(5-9)11(15)16/h3-6,12H,1-2H3,(H,13,14)(H,15,16)/p-1. The van der Waals surface area contributed by atoms with Crippen LogP contribution in [0, 0.1) is 0 Å². The molecule has 1 aromatic carbocycles. The van der Waals surface area contributed by atoms with Crippen molar-refractivity contribution in [1.82, 2.24) is 4.72 Å². The highest BCUT2D eigenvalue weighted by molar-refractivity contribution is 7.89. The molecule has 0 aliphatic rings. The zero-order valence-electron chi connectivity index (χ0n) is 10.2. The summed E-state index contributed by atoms with van der Waals surface area (Å²) < 4.78 is 26.0. The third kappa shape index (κ3) is 3.76. The van der Waals surface area contributed by atoms with Crippen LogP contribution in [0.4, 0.5) is 0 Å². The van der Waals surface area contributed by atoms with E-state index in [0.29, 0.717) is 0 Å². The molecule has 104 valence electrons. The summed E-state index contributed by atoms with van der Waals surface area (Å²) in [6.07, 6.45) is 0. The van der Waals surface area contributed by atoms with Crippen LogP contribution < -0.4 is 9.83 Å². The average Bonchev–Trinajstić information content (AvgIpc) is 2.26. The van der Waals surface area contributed by atoms with Crippen molar-refractivity contribution in [3.63, 3.8) is 0 Å². The Kier molecular flexibility index (Phi) is 4.28. The molecule has 8 heteroatoms. The van der Waals surface area contributed by atoms with Crippen molar-refractivity contribution in [3.05, 3.63) is 29.3 Å². The normalized spacial score (nSPS) is 11.5. The van der Waals surface area contributed by atoms with E-state index in [0.717, 1.165) is 18.2 Å². The van der Waals surface area contributed by atoms with Crippen LogP contribution in [0.25, 0.3) is 0 Å². The minimum Gasteiger partial charge on any atom is -0.545 e. The van der Waals surface area contributed by atoms with Crippen molar-refractivity contribution >= 4 is 22.0 Å². The molecule has 0 bridgehead atoms. The van der Waals surface area contributed by atoms with Crippen molar-refractivity contribution in [2.45, 2.75) is 24.8 Å². The summed E-state index contributed by atoms with van der Waals surface area (Å²) in [5.41, 5.74) is -0.949. The summed E-state index contributed by atoms with van der Waals surface area (Å²) in [7, 11) is -3.98. The number of carboxylic acids is 2. The molecule has 0 aliphatic carbocycles. The van der Waals surface area contributed by atoms with Gasteiger partial charge in [-0.05, 0) is 37.6 Å². The van der Waals surface area contributed by atoms with E-state index in [1.54, 1.807) is 13.8 Å². The number of carbonyl (C=O) groups is 2. The lowest BCUT2D eigenvalue weighted by atomic mass is 10.1. The Bertz CT molecular complexity index is 588. The van der Waals surface area contributed by atoms with E-state index >= 15 is 0 Å². The predicted molar refractivity (Wildman–Crippen MR) is 63.2 cm³/mol. The number of nitrogens with one attached hydrogen (secondary N) is 1. The van der Waals surface area contributed by atoms with Crippen molar-refractivity contribution in [2.24, 2.45) is 0 Å². The number of sulfonamides is 1. The quantitative estimate of drug-likeness (QED) is 0.747. The van der Waals surface area contributed by atoms with Gasteiger partial charge in [-0.25, -0.2) is 17.9 Å². The van der Waals surface area contributed by atoms with Gasteiger partial charge in [-0.2, -0.15) is 0 Å². The molecule has 2 N–H and O–H groups in total. The molecule has 0 heterocycles. The van der Waals surface area contributed by atoms with Gasteiger partial charge < -0.3 is 15.0 Å². The summed E-state index contributed by atoms with van der Waals surface area (Å²) in [6, 6.07) is 2.17. The van der Waals surface area contributed by atoms with Crippen molar-refractivity contribution in [3.8, 4) is 0 Å². The van der Waals surface area contributed by atoms with Crippen LogP contribution in [0.3, 0.4) is 0 Å². The lowest BCUT2D eigenvalue weighted by molar-refractivity contribution is -0.255. The lowest BCUT2D eigenvalue weighted by Gasteiger charge is -2.12. The SMILES string of the molecule is CC(C)NS(=O)(=O)c1cc(C(=O)[O-])cc(C(=O)O)c1. The summed E-state index contributed by atoms with van der Waals surface area (Å²) in [4.78, 5) is 21.2. The second-order valence-corrected chi connectivity index (χ2v) is 5.83. The molecule has 7 nitrogen and oxygen atoms in total. The largest absolute Gasteiger partial charge is 0.545 e. The van der Waals surface area contributed by atoms with Gasteiger partial charge in [0.1, 0.15) is 0 Å². The number of hydrogen-bond donors (Lipinski definition) is 2. The minimum absolute atomic E-state index is 0.412. The van der Waals surface area contributed by atoms with Crippen LogP contribution in [-0.2, 0) is 10.0 Å². The molecule has 1 aromatic rings. The first-order valence-electron chi connectivity index (χ1n) is 5.25. The molecule has 0 fully saturated rings. The van der Waals surface area contributed by atoms with Crippen LogP contribution in [0.5, 0.6) is 0 Å². The summed E-state index contributed by atoms with van der Waals surface area (Å²) in [6.45, 7) is 3.16. The van der Waals surface area contributed by atoms with E-state index in [4.69, 9.17) is 5.11 Å². The van der Waals surface area contributed by atoms with E-state index < -0.39 is 44.0 Å². The fourth-order valence-corrected chi connectivity index (χ4v) is 2.69. The Morgan fingerprint density at radius 3 is 2.16 bits per heavy atom. The number of carbonyl (C=O) groups excluding carboxylic acids is 1. The third-order valence-electron chi connectivity index (χ3n) is 2.09. The first kappa shape index (κ1) is 15.1. The molecule has 0 saturated heterocycles. The predicted octanol–water partition coefficient (Wildman–Crippen LogP) is -0.565. The molecule has 0 saturated carbocycles. The monoisotopic (exact) mass is 286 g/mol.